The summed E-state index contributed by atoms with van der Waals surface area (Å²) in [6.07, 6.45) is 0. The van der Waals surface area contributed by atoms with E-state index in [-0.39, 0.29) is 5.91 Å². The standard InChI is InChI=1S/C12H9BrClNOS2/c1-7-2-3-8(9(14)6-7)12(16)15-18-11-5-4-10(13)17-11/h2-6H,1H3,(H,15,16). The van der Waals surface area contributed by atoms with Crippen LogP contribution in [0, 0.1) is 6.92 Å². The van der Waals surface area contributed by atoms with Crippen LogP contribution in [0.1, 0.15) is 15.9 Å². The molecule has 0 radical (unpaired) electrons. The summed E-state index contributed by atoms with van der Waals surface area (Å²) in [6, 6.07) is 9.27. The molecule has 0 bridgehead atoms. The fourth-order valence-corrected chi connectivity index (χ4v) is 4.07. The second-order valence-electron chi connectivity index (χ2n) is 3.58. The monoisotopic (exact) mass is 361 g/mol. The second-order valence-corrected chi connectivity index (χ2v) is 7.55. The highest BCUT2D eigenvalue weighted by molar-refractivity contribution is 9.11. The van der Waals surface area contributed by atoms with Crippen molar-refractivity contribution < 1.29 is 4.79 Å². The fourth-order valence-electron chi connectivity index (χ4n) is 1.31. The molecule has 0 aliphatic heterocycles. The summed E-state index contributed by atoms with van der Waals surface area (Å²) >= 11 is 12.3. The molecule has 6 heteroatoms. The minimum absolute atomic E-state index is 0.186. The highest BCUT2D eigenvalue weighted by Crippen LogP contribution is 2.29. The van der Waals surface area contributed by atoms with Gasteiger partial charge in [-0.1, -0.05) is 17.7 Å². The lowest BCUT2D eigenvalue weighted by Gasteiger charge is -2.05. The van der Waals surface area contributed by atoms with Crippen molar-refractivity contribution in [2.75, 3.05) is 0 Å². The molecule has 2 nitrogen and oxygen atoms in total. The molecule has 0 aliphatic carbocycles. The third kappa shape index (κ3) is 3.51. The van der Waals surface area contributed by atoms with Gasteiger partial charge >= 0.3 is 0 Å². The smallest absolute Gasteiger partial charge is 0.262 e. The van der Waals surface area contributed by atoms with Gasteiger partial charge in [0.2, 0.25) is 0 Å². The zero-order valence-electron chi connectivity index (χ0n) is 9.37. The normalized spacial score (nSPS) is 10.4. The maximum Gasteiger partial charge on any atom is 0.262 e. The number of carbonyl (C=O) groups excluding carboxylic acids is 1. The number of thiophene rings is 1. The summed E-state index contributed by atoms with van der Waals surface area (Å²) in [7, 11) is 0. The maximum atomic E-state index is 11.9. The highest BCUT2D eigenvalue weighted by Gasteiger charge is 2.10. The van der Waals surface area contributed by atoms with Crippen LogP contribution in [-0.4, -0.2) is 5.91 Å². The number of amides is 1. The first-order valence-electron chi connectivity index (χ1n) is 5.05. The molecule has 0 atom stereocenters. The Kier molecular flexibility index (Phi) is 4.72. The molecule has 0 unspecified atom stereocenters. The summed E-state index contributed by atoms with van der Waals surface area (Å²) in [6.45, 7) is 1.94. The number of hydrogen-bond acceptors (Lipinski definition) is 3. The topological polar surface area (TPSA) is 29.1 Å². The van der Waals surface area contributed by atoms with E-state index in [1.54, 1.807) is 23.5 Å². The molecule has 2 aromatic rings. The molecule has 18 heavy (non-hydrogen) atoms. The van der Waals surface area contributed by atoms with Crippen LogP contribution < -0.4 is 4.72 Å². The Balaban J connectivity index is 2.03. The Morgan fingerprint density at radius 1 is 1.39 bits per heavy atom. The van der Waals surface area contributed by atoms with Crippen molar-refractivity contribution in [1.29, 1.82) is 0 Å². The lowest BCUT2D eigenvalue weighted by atomic mass is 10.1. The van der Waals surface area contributed by atoms with Crippen molar-refractivity contribution in [3.63, 3.8) is 0 Å². The number of benzene rings is 1. The minimum Gasteiger partial charge on any atom is -0.291 e. The molecule has 94 valence electrons. The molecule has 0 saturated heterocycles. The lowest BCUT2D eigenvalue weighted by molar-refractivity contribution is 0.0984. The van der Waals surface area contributed by atoms with Crippen LogP contribution in [0.5, 0.6) is 0 Å². The summed E-state index contributed by atoms with van der Waals surface area (Å²) in [5.74, 6) is -0.186. The number of rotatable bonds is 3. The van der Waals surface area contributed by atoms with E-state index in [9.17, 15) is 4.79 Å². The predicted molar refractivity (Wildman–Crippen MR) is 81.5 cm³/mol. The Morgan fingerprint density at radius 2 is 2.17 bits per heavy atom. The van der Waals surface area contributed by atoms with E-state index in [0.29, 0.717) is 10.6 Å². The van der Waals surface area contributed by atoms with Gasteiger partial charge in [0.15, 0.2) is 0 Å². The minimum atomic E-state index is -0.186. The van der Waals surface area contributed by atoms with E-state index in [1.165, 1.54) is 11.9 Å². The van der Waals surface area contributed by atoms with Crippen molar-refractivity contribution >= 4 is 56.7 Å². The van der Waals surface area contributed by atoms with Crippen LogP contribution in [0.3, 0.4) is 0 Å². The summed E-state index contributed by atoms with van der Waals surface area (Å²) < 4.78 is 4.82. The molecule has 1 N–H and O–H groups in total. The molecular weight excluding hydrogens is 354 g/mol. The van der Waals surface area contributed by atoms with Crippen LogP contribution in [-0.2, 0) is 0 Å². The van der Waals surface area contributed by atoms with E-state index in [0.717, 1.165) is 13.6 Å². The van der Waals surface area contributed by atoms with Crippen molar-refractivity contribution in [3.8, 4) is 0 Å². The molecule has 1 heterocycles. The van der Waals surface area contributed by atoms with E-state index in [4.69, 9.17) is 11.6 Å². The Morgan fingerprint density at radius 3 is 2.78 bits per heavy atom. The quantitative estimate of drug-likeness (QED) is 0.786. The number of hydrogen-bond donors (Lipinski definition) is 1. The number of halogens is 2. The Hall–Kier alpha value is -0.490. The van der Waals surface area contributed by atoms with Gasteiger partial charge in [-0.25, -0.2) is 0 Å². The average molecular weight is 363 g/mol. The van der Waals surface area contributed by atoms with E-state index in [1.807, 2.05) is 25.1 Å². The Labute approximate surface area is 127 Å². The van der Waals surface area contributed by atoms with Gasteiger partial charge in [-0.15, -0.1) is 11.3 Å². The highest BCUT2D eigenvalue weighted by atomic mass is 79.9. The first-order valence-corrected chi connectivity index (χ1v) is 7.85. The zero-order valence-corrected chi connectivity index (χ0v) is 13.3. The average Bonchev–Trinajstić information content (AvgIpc) is 2.72. The number of nitrogens with one attached hydrogen (secondary N) is 1. The van der Waals surface area contributed by atoms with E-state index >= 15 is 0 Å². The van der Waals surface area contributed by atoms with Crippen molar-refractivity contribution in [2.45, 2.75) is 11.1 Å². The van der Waals surface area contributed by atoms with Gasteiger partial charge in [0.1, 0.15) is 0 Å². The van der Waals surface area contributed by atoms with Crippen LogP contribution in [0.4, 0.5) is 0 Å². The van der Waals surface area contributed by atoms with Crippen LogP contribution in [0.15, 0.2) is 38.3 Å². The number of carbonyl (C=O) groups is 1. The van der Waals surface area contributed by atoms with Crippen LogP contribution in [0.25, 0.3) is 0 Å². The van der Waals surface area contributed by atoms with Crippen LogP contribution >= 0.6 is 50.8 Å². The molecular formula is C12H9BrClNOS2. The van der Waals surface area contributed by atoms with Gasteiger partial charge in [-0.2, -0.15) is 0 Å². The van der Waals surface area contributed by atoms with Crippen molar-refractivity contribution in [3.05, 3.63) is 50.3 Å². The van der Waals surface area contributed by atoms with E-state index < -0.39 is 0 Å². The molecule has 0 aliphatic rings. The fraction of sp³-hybridized carbons (Fsp3) is 0.0833. The van der Waals surface area contributed by atoms with Crippen molar-refractivity contribution in [2.24, 2.45) is 0 Å². The van der Waals surface area contributed by atoms with Crippen molar-refractivity contribution in [1.82, 2.24) is 4.72 Å². The third-order valence-electron chi connectivity index (χ3n) is 2.16. The summed E-state index contributed by atoms with van der Waals surface area (Å²) in [5, 5.41) is 0.473. The van der Waals surface area contributed by atoms with Crippen LogP contribution in [0.2, 0.25) is 5.02 Å². The molecule has 1 aromatic carbocycles. The van der Waals surface area contributed by atoms with Gasteiger partial charge in [0, 0.05) is 0 Å². The third-order valence-corrected chi connectivity index (χ3v) is 5.02. The van der Waals surface area contributed by atoms with Gasteiger partial charge in [-0.3, -0.25) is 9.52 Å². The van der Waals surface area contributed by atoms with Gasteiger partial charge in [0.25, 0.3) is 5.91 Å². The number of aryl methyl sites for hydroxylation is 1. The summed E-state index contributed by atoms with van der Waals surface area (Å²) in [5.41, 5.74) is 1.52. The molecule has 1 aromatic heterocycles. The Bertz CT molecular complexity index is 585. The van der Waals surface area contributed by atoms with Gasteiger partial charge in [-0.05, 0) is 64.6 Å². The molecule has 0 fully saturated rings. The van der Waals surface area contributed by atoms with Gasteiger partial charge in [0.05, 0.1) is 18.6 Å². The lowest BCUT2D eigenvalue weighted by Crippen LogP contribution is -2.15. The molecule has 0 spiro atoms. The second kappa shape index (κ2) is 6.10. The first kappa shape index (κ1) is 13.9. The molecule has 1 amide bonds. The SMILES string of the molecule is Cc1ccc(C(=O)NSc2ccc(Br)s2)c(Cl)c1. The summed E-state index contributed by atoms with van der Waals surface area (Å²) in [4.78, 5) is 11.9. The van der Waals surface area contributed by atoms with Gasteiger partial charge < -0.3 is 0 Å². The largest absolute Gasteiger partial charge is 0.291 e. The maximum absolute atomic E-state index is 11.9. The predicted octanol–water partition coefficient (Wildman–Crippen LogP) is 4.91. The zero-order chi connectivity index (χ0) is 13.1. The van der Waals surface area contributed by atoms with E-state index in [2.05, 4.69) is 20.7 Å². The molecule has 2 rings (SSSR count). The molecule has 0 saturated carbocycles. The first-order chi connectivity index (χ1) is 8.56.